The number of fused-ring (bicyclic) bond motifs is 1. The molecule has 3 rings (SSSR count). The van der Waals surface area contributed by atoms with Crippen LogP contribution in [0.1, 0.15) is 5.56 Å². The maximum Gasteiger partial charge on any atom is 0.137 e. The molecule has 18 heavy (non-hydrogen) atoms. The minimum atomic E-state index is 0.746. The lowest BCUT2D eigenvalue weighted by Gasteiger charge is -2.09. The van der Waals surface area contributed by atoms with E-state index < -0.39 is 0 Å². The van der Waals surface area contributed by atoms with Crippen LogP contribution in [0.15, 0.2) is 42.6 Å². The molecule has 0 radical (unpaired) electrons. The molecule has 0 aliphatic rings. The lowest BCUT2D eigenvalue weighted by Crippen LogP contribution is -1.90. The quantitative estimate of drug-likeness (QED) is 0.705. The van der Waals surface area contributed by atoms with Crippen molar-refractivity contribution in [2.24, 2.45) is 0 Å². The third-order valence-electron chi connectivity index (χ3n) is 2.78. The van der Waals surface area contributed by atoms with E-state index in [1.54, 1.807) is 0 Å². The number of aromatic nitrogens is 1. The third-order valence-corrected chi connectivity index (χ3v) is 3.54. The zero-order chi connectivity index (χ0) is 12.5. The van der Waals surface area contributed by atoms with Crippen LogP contribution in [0.2, 0.25) is 0 Å². The molecule has 0 aliphatic heterocycles. The van der Waals surface area contributed by atoms with E-state index >= 15 is 0 Å². The second-order valence-electron chi connectivity index (χ2n) is 4.12. The summed E-state index contributed by atoms with van der Waals surface area (Å²) >= 11 is 1.47. The maximum absolute atomic E-state index is 5.95. The topological polar surface area (TPSA) is 48.1 Å². The first kappa shape index (κ1) is 11.0. The summed E-state index contributed by atoms with van der Waals surface area (Å²) in [7, 11) is 0. The molecule has 0 bridgehead atoms. The van der Waals surface area contributed by atoms with Gasteiger partial charge in [-0.15, -0.1) is 0 Å². The van der Waals surface area contributed by atoms with Gasteiger partial charge in [0.05, 0.1) is 16.3 Å². The molecule has 3 nitrogen and oxygen atoms in total. The van der Waals surface area contributed by atoms with Crippen molar-refractivity contribution in [3.05, 3.63) is 48.2 Å². The number of anilines is 1. The van der Waals surface area contributed by atoms with Crippen molar-refractivity contribution in [2.45, 2.75) is 6.92 Å². The van der Waals surface area contributed by atoms with Gasteiger partial charge < -0.3 is 10.5 Å². The van der Waals surface area contributed by atoms with Gasteiger partial charge in [0.25, 0.3) is 0 Å². The fourth-order valence-corrected chi connectivity index (χ4v) is 2.52. The Balaban J connectivity index is 2.03. The van der Waals surface area contributed by atoms with Crippen LogP contribution in [-0.2, 0) is 0 Å². The summed E-state index contributed by atoms with van der Waals surface area (Å²) in [6.45, 7) is 1.98. The van der Waals surface area contributed by atoms with Gasteiger partial charge in [-0.2, -0.15) is 4.37 Å². The van der Waals surface area contributed by atoms with Crippen molar-refractivity contribution < 1.29 is 4.74 Å². The molecule has 4 heteroatoms. The summed E-state index contributed by atoms with van der Waals surface area (Å²) in [4.78, 5) is 0. The molecule has 1 heterocycles. The molecule has 0 unspecified atom stereocenters. The number of ether oxygens (including phenoxy) is 1. The standard InChI is InChI=1S/C14H12N2OS/c1-9-7-10(15)5-6-12(9)17-13-3-2-4-14-11(13)8-16-18-14/h2-8H,15H2,1H3. The highest BCUT2D eigenvalue weighted by molar-refractivity contribution is 7.13. The molecule has 0 saturated carbocycles. The van der Waals surface area contributed by atoms with E-state index in [9.17, 15) is 0 Å². The van der Waals surface area contributed by atoms with Gasteiger partial charge in [0.1, 0.15) is 11.5 Å². The van der Waals surface area contributed by atoms with Gasteiger partial charge in [-0.05, 0) is 54.4 Å². The van der Waals surface area contributed by atoms with Crippen LogP contribution in [-0.4, -0.2) is 4.37 Å². The van der Waals surface area contributed by atoms with Crippen molar-refractivity contribution in [1.82, 2.24) is 4.37 Å². The summed E-state index contributed by atoms with van der Waals surface area (Å²) in [6, 6.07) is 11.6. The molecule has 0 atom stereocenters. The molecule has 0 saturated heterocycles. The predicted octanol–water partition coefficient (Wildman–Crippen LogP) is 3.98. The largest absolute Gasteiger partial charge is 0.456 e. The first-order valence-electron chi connectivity index (χ1n) is 5.61. The molecule has 3 aromatic rings. The average molecular weight is 256 g/mol. The Morgan fingerprint density at radius 2 is 2.06 bits per heavy atom. The van der Waals surface area contributed by atoms with Gasteiger partial charge in [0.2, 0.25) is 0 Å². The predicted molar refractivity (Wildman–Crippen MR) is 75.3 cm³/mol. The Labute approximate surface area is 109 Å². The van der Waals surface area contributed by atoms with Crippen molar-refractivity contribution in [1.29, 1.82) is 0 Å². The van der Waals surface area contributed by atoms with Gasteiger partial charge in [0.15, 0.2) is 0 Å². The minimum Gasteiger partial charge on any atom is -0.456 e. The van der Waals surface area contributed by atoms with Gasteiger partial charge in [-0.25, -0.2) is 0 Å². The van der Waals surface area contributed by atoms with E-state index in [0.29, 0.717) is 0 Å². The second-order valence-corrected chi connectivity index (χ2v) is 4.95. The van der Waals surface area contributed by atoms with Crippen molar-refractivity contribution in [3.63, 3.8) is 0 Å². The molecule has 0 amide bonds. The molecule has 0 fully saturated rings. The normalized spacial score (nSPS) is 10.7. The van der Waals surface area contributed by atoms with E-state index in [-0.39, 0.29) is 0 Å². The number of nitrogens with two attached hydrogens (primary N) is 1. The molecular weight excluding hydrogens is 244 g/mol. The zero-order valence-electron chi connectivity index (χ0n) is 9.88. The van der Waals surface area contributed by atoms with Crippen molar-refractivity contribution in [3.8, 4) is 11.5 Å². The van der Waals surface area contributed by atoms with Crippen LogP contribution >= 0.6 is 11.5 Å². The summed E-state index contributed by atoms with van der Waals surface area (Å²) in [6.07, 6.45) is 1.84. The lowest BCUT2D eigenvalue weighted by atomic mass is 10.2. The Morgan fingerprint density at radius 1 is 1.17 bits per heavy atom. The van der Waals surface area contributed by atoms with E-state index in [2.05, 4.69) is 4.37 Å². The smallest absolute Gasteiger partial charge is 0.137 e. The highest BCUT2D eigenvalue weighted by Crippen LogP contribution is 2.33. The molecule has 0 spiro atoms. The van der Waals surface area contributed by atoms with Gasteiger partial charge >= 0.3 is 0 Å². The minimum absolute atomic E-state index is 0.746. The SMILES string of the molecule is Cc1cc(N)ccc1Oc1cccc2sncc12. The Kier molecular flexibility index (Phi) is 2.64. The second kappa shape index (κ2) is 4.31. The number of aryl methyl sites for hydroxylation is 1. The fourth-order valence-electron chi connectivity index (χ4n) is 1.86. The molecule has 90 valence electrons. The highest BCUT2D eigenvalue weighted by atomic mass is 32.1. The van der Waals surface area contributed by atoms with Crippen molar-refractivity contribution in [2.75, 3.05) is 5.73 Å². The first-order valence-corrected chi connectivity index (χ1v) is 6.39. The van der Waals surface area contributed by atoms with Crippen LogP contribution in [0.25, 0.3) is 10.1 Å². The summed E-state index contributed by atoms with van der Waals surface area (Å²) in [5.41, 5.74) is 7.50. The number of hydrogen-bond acceptors (Lipinski definition) is 4. The molecular formula is C14H12N2OS. The Bertz CT molecular complexity index is 706. The van der Waals surface area contributed by atoms with Crippen LogP contribution in [0.4, 0.5) is 5.69 Å². The summed E-state index contributed by atoms with van der Waals surface area (Å²) < 4.78 is 11.3. The van der Waals surface area contributed by atoms with Crippen LogP contribution < -0.4 is 10.5 Å². The van der Waals surface area contributed by atoms with E-state index in [0.717, 1.165) is 32.8 Å². The maximum atomic E-state index is 5.95. The monoisotopic (exact) mass is 256 g/mol. The number of nitrogen functional groups attached to an aromatic ring is 1. The lowest BCUT2D eigenvalue weighted by molar-refractivity contribution is 0.484. The van der Waals surface area contributed by atoms with Crippen LogP contribution in [0.3, 0.4) is 0 Å². The molecule has 0 aliphatic carbocycles. The number of hydrogen-bond donors (Lipinski definition) is 1. The number of nitrogens with zero attached hydrogens (tertiary/aromatic N) is 1. The zero-order valence-corrected chi connectivity index (χ0v) is 10.7. The van der Waals surface area contributed by atoms with E-state index in [1.807, 2.05) is 49.5 Å². The molecule has 2 N–H and O–H groups in total. The Hall–Kier alpha value is -2.07. The van der Waals surface area contributed by atoms with Crippen molar-refractivity contribution >= 4 is 27.3 Å². The van der Waals surface area contributed by atoms with E-state index in [4.69, 9.17) is 10.5 Å². The van der Waals surface area contributed by atoms with Gasteiger partial charge in [-0.1, -0.05) is 6.07 Å². The fraction of sp³-hybridized carbons (Fsp3) is 0.0714. The number of rotatable bonds is 2. The first-order chi connectivity index (χ1) is 8.74. The van der Waals surface area contributed by atoms with Gasteiger partial charge in [-0.3, -0.25) is 0 Å². The summed E-state index contributed by atoms with van der Waals surface area (Å²) in [5.74, 6) is 1.65. The Morgan fingerprint density at radius 3 is 2.89 bits per heavy atom. The van der Waals surface area contributed by atoms with Crippen LogP contribution in [0, 0.1) is 6.92 Å². The highest BCUT2D eigenvalue weighted by Gasteiger charge is 2.07. The number of benzene rings is 2. The third kappa shape index (κ3) is 1.91. The van der Waals surface area contributed by atoms with E-state index in [1.165, 1.54) is 11.5 Å². The molecule has 2 aromatic carbocycles. The van der Waals surface area contributed by atoms with Gasteiger partial charge in [0, 0.05) is 5.69 Å². The average Bonchev–Trinajstić information content (AvgIpc) is 2.82. The summed E-state index contributed by atoms with van der Waals surface area (Å²) in [5, 5.41) is 1.04. The van der Waals surface area contributed by atoms with Crippen LogP contribution in [0.5, 0.6) is 11.5 Å². The molecule has 1 aromatic heterocycles.